The zero-order valence-corrected chi connectivity index (χ0v) is 10.8. The second kappa shape index (κ2) is 4.35. The first-order valence-electron chi connectivity index (χ1n) is 6.46. The molecule has 5 nitrogen and oxygen atoms in total. The normalized spacial score (nSPS) is 25.0. The number of rotatable bonds is 2. The fourth-order valence-electron chi connectivity index (χ4n) is 2.60. The number of nitrogens with one attached hydrogen (secondary N) is 2. The molecule has 0 radical (unpaired) electrons. The lowest BCUT2D eigenvalue weighted by atomic mass is 10.0. The van der Waals surface area contributed by atoms with Crippen LogP contribution in [0.25, 0.3) is 0 Å². The third-order valence-electron chi connectivity index (χ3n) is 3.76. The molecule has 0 saturated carbocycles. The van der Waals surface area contributed by atoms with Crippen LogP contribution in [0.3, 0.4) is 0 Å². The molecule has 100 valence electrons. The van der Waals surface area contributed by atoms with Crippen LogP contribution in [-0.4, -0.2) is 24.0 Å². The zero-order valence-electron chi connectivity index (χ0n) is 10.8. The molecule has 0 aromatic heterocycles. The van der Waals surface area contributed by atoms with Gasteiger partial charge in [-0.15, -0.1) is 0 Å². The van der Waals surface area contributed by atoms with Crippen LogP contribution in [0, 0.1) is 0 Å². The molecule has 2 aliphatic rings. The van der Waals surface area contributed by atoms with Crippen LogP contribution in [0.15, 0.2) is 18.2 Å². The topological polar surface area (TPSA) is 67.4 Å². The number of carbonyl (C=O) groups excluding carboxylic acids is 2. The summed E-state index contributed by atoms with van der Waals surface area (Å²) in [4.78, 5) is 24.1. The summed E-state index contributed by atoms with van der Waals surface area (Å²) in [5, 5.41) is 5.59. The average Bonchev–Trinajstić information content (AvgIpc) is 2.98. The maximum atomic E-state index is 12.3. The van der Waals surface area contributed by atoms with E-state index in [0.717, 1.165) is 12.0 Å². The van der Waals surface area contributed by atoms with Crippen molar-refractivity contribution in [3.05, 3.63) is 29.3 Å². The van der Waals surface area contributed by atoms with Crippen LogP contribution >= 0.6 is 0 Å². The van der Waals surface area contributed by atoms with Crippen molar-refractivity contribution in [3.63, 3.8) is 0 Å². The molecule has 2 amide bonds. The molecular weight excluding hydrogens is 244 g/mol. The van der Waals surface area contributed by atoms with Gasteiger partial charge in [0, 0.05) is 13.2 Å². The van der Waals surface area contributed by atoms with E-state index >= 15 is 0 Å². The minimum Gasteiger partial charge on any atom is -0.365 e. The van der Waals surface area contributed by atoms with Crippen molar-refractivity contribution in [1.29, 1.82) is 0 Å². The number of benzene rings is 1. The second-order valence-corrected chi connectivity index (χ2v) is 5.16. The van der Waals surface area contributed by atoms with E-state index < -0.39 is 5.60 Å². The fourth-order valence-corrected chi connectivity index (χ4v) is 2.60. The van der Waals surface area contributed by atoms with Crippen LogP contribution in [0.1, 0.15) is 35.7 Å². The molecule has 1 aromatic rings. The molecule has 1 saturated heterocycles. The van der Waals surface area contributed by atoms with Gasteiger partial charge >= 0.3 is 0 Å². The molecule has 19 heavy (non-hydrogen) atoms. The monoisotopic (exact) mass is 260 g/mol. The Labute approximate surface area is 111 Å². The number of carbonyl (C=O) groups is 2. The minimum absolute atomic E-state index is 0.136. The molecule has 0 spiro atoms. The molecule has 0 bridgehead atoms. The molecule has 1 fully saturated rings. The summed E-state index contributed by atoms with van der Waals surface area (Å²) < 4.78 is 5.51. The molecule has 0 unspecified atom stereocenters. The van der Waals surface area contributed by atoms with Gasteiger partial charge in [0.2, 0.25) is 0 Å². The Bertz CT molecular complexity index is 548. The quantitative estimate of drug-likeness (QED) is 0.845. The third-order valence-corrected chi connectivity index (χ3v) is 3.76. The SMILES string of the molecule is C[C@]1(C(=O)Nc2cccc3c2C(=O)NC3)CCCO1. The van der Waals surface area contributed by atoms with Gasteiger partial charge in [0.25, 0.3) is 11.8 Å². The number of anilines is 1. The van der Waals surface area contributed by atoms with Gasteiger partial charge in [-0.1, -0.05) is 12.1 Å². The van der Waals surface area contributed by atoms with E-state index in [1.807, 2.05) is 12.1 Å². The first kappa shape index (κ1) is 12.2. The zero-order chi connectivity index (χ0) is 13.5. The van der Waals surface area contributed by atoms with E-state index in [9.17, 15) is 9.59 Å². The highest BCUT2D eigenvalue weighted by molar-refractivity contribution is 6.08. The third kappa shape index (κ3) is 2.00. The summed E-state index contributed by atoms with van der Waals surface area (Å²) in [6, 6.07) is 5.48. The van der Waals surface area contributed by atoms with Gasteiger partial charge < -0.3 is 15.4 Å². The average molecular weight is 260 g/mol. The highest BCUT2D eigenvalue weighted by Gasteiger charge is 2.38. The van der Waals surface area contributed by atoms with E-state index in [2.05, 4.69) is 10.6 Å². The Kier molecular flexibility index (Phi) is 2.78. The molecule has 2 N–H and O–H groups in total. The molecular formula is C14H16N2O3. The van der Waals surface area contributed by atoms with E-state index in [0.29, 0.717) is 30.8 Å². The van der Waals surface area contributed by atoms with Crippen LogP contribution in [-0.2, 0) is 16.1 Å². The number of hydrogen-bond acceptors (Lipinski definition) is 3. The summed E-state index contributed by atoms with van der Waals surface area (Å²) in [6.45, 7) is 2.92. The molecule has 0 aliphatic carbocycles. The van der Waals surface area contributed by atoms with Gasteiger partial charge in [0.05, 0.1) is 11.3 Å². The van der Waals surface area contributed by atoms with Crippen LogP contribution < -0.4 is 10.6 Å². The highest BCUT2D eigenvalue weighted by Crippen LogP contribution is 2.29. The van der Waals surface area contributed by atoms with Gasteiger partial charge in [0.15, 0.2) is 0 Å². The number of hydrogen-bond donors (Lipinski definition) is 2. The first-order chi connectivity index (χ1) is 9.10. The van der Waals surface area contributed by atoms with Crippen molar-refractivity contribution in [3.8, 4) is 0 Å². The smallest absolute Gasteiger partial charge is 0.256 e. The molecule has 5 heteroatoms. The molecule has 3 rings (SSSR count). The van der Waals surface area contributed by atoms with Crippen LogP contribution in [0.4, 0.5) is 5.69 Å². The molecule has 1 aromatic carbocycles. The highest BCUT2D eigenvalue weighted by atomic mass is 16.5. The van der Waals surface area contributed by atoms with Gasteiger partial charge in [-0.05, 0) is 31.4 Å². The van der Waals surface area contributed by atoms with Crippen molar-refractivity contribution in [1.82, 2.24) is 5.32 Å². The fraction of sp³-hybridized carbons (Fsp3) is 0.429. The summed E-state index contributed by atoms with van der Waals surface area (Å²) in [5.41, 5.74) is 1.27. The Morgan fingerprint density at radius 1 is 1.47 bits per heavy atom. The number of ether oxygens (including phenoxy) is 1. The van der Waals surface area contributed by atoms with Gasteiger partial charge in [-0.2, -0.15) is 0 Å². The largest absolute Gasteiger partial charge is 0.365 e. The van der Waals surface area contributed by atoms with Crippen molar-refractivity contribution >= 4 is 17.5 Å². The second-order valence-electron chi connectivity index (χ2n) is 5.16. The van der Waals surface area contributed by atoms with Crippen molar-refractivity contribution in [2.75, 3.05) is 11.9 Å². The predicted molar refractivity (Wildman–Crippen MR) is 69.8 cm³/mol. The lowest BCUT2D eigenvalue weighted by Crippen LogP contribution is -2.39. The Balaban J connectivity index is 1.87. The maximum Gasteiger partial charge on any atom is 0.256 e. The molecule has 2 heterocycles. The van der Waals surface area contributed by atoms with Crippen molar-refractivity contribution in [2.45, 2.75) is 31.9 Å². The van der Waals surface area contributed by atoms with E-state index in [4.69, 9.17) is 4.74 Å². The summed E-state index contributed by atoms with van der Waals surface area (Å²) in [5.74, 6) is -0.318. The Hall–Kier alpha value is -1.88. The van der Waals surface area contributed by atoms with Crippen LogP contribution in [0.2, 0.25) is 0 Å². The maximum absolute atomic E-state index is 12.3. The van der Waals surface area contributed by atoms with E-state index in [1.165, 1.54) is 0 Å². The van der Waals surface area contributed by atoms with Gasteiger partial charge in [-0.3, -0.25) is 9.59 Å². The first-order valence-corrected chi connectivity index (χ1v) is 6.46. The van der Waals surface area contributed by atoms with E-state index in [1.54, 1.807) is 13.0 Å². The summed E-state index contributed by atoms with van der Waals surface area (Å²) in [6.07, 6.45) is 1.59. The number of amides is 2. The summed E-state index contributed by atoms with van der Waals surface area (Å²) >= 11 is 0. The standard InChI is InChI=1S/C14H16N2O3/c1-14(6-3-7-19-14)13(18)16-10-5-2-4-9-8-15-12(17)11(9)10/h2,4-5H,3,6-8H2,1H3,(H,15,17)(H,16,18)/t14-/m1/s1. The van der Waals surface area contributed by atoms with E-state index in [-0.39, 0.29) is 11.8 Å². The molecule has 2 aliphatic heterocycles. The lowest BCUT2D eigenvalue weighted by Gasteiger charge is -2.22. The Morgan fingerprint density at radius 2 is 2.32 bits per heavy atom. The predicted octanol–water partition coefficient (Wildman–Crippen LogP) is 1.44. The van der Waals surface area contributed by atoms with Gasteiger partial charge in [0.1, 0.15) is 5.60 Å². The summed E-state index contributed by atoms with van der Waals surface area (Å²) in [7, 11) is 0. The number of fused-ring (bicyclic) bond motifs is 1. The Morgan fingerprint density at radius 3 is 3.05 bits per heavy atom. The van der Waals surface area contributed by atoms with Crippen molar-refractivity contribution in [2.24, 2.45) is 0 Å². The van der Waals surface area contributed by atoms with Crippen molar-refractivity contribution < 1.29 is 14.3 Å². The van der Waals surface area contributed by atoms with Gasteiger partial charge in [-0.25, -0.2) is 0 Å². The molecule has 1 atom stereocenters. The van der Waals surface area contributed by atoms with Crippen LogP contribution in [0.5, 0.6) is 0 Å². The lowest BCUT2D eigenvalue weighted by molar-refractivity contribution is -0.133. The minimum atomic E-state index is -0.780.